The Hall–Kier alpha value is -2.44. The number of pyridine rings is 1. The van der Waals surface area contributed by atoms with Crippen LogP contribution in [0.3, 0.4) is 0 Å². The number of rotatable bonds is 6. The maximum absolute atomic E-state index is 4.29. The molecule has 2 heterocycles. The number of nitrogens with zero attached hydrogens (tertiary/aromatic N) is 4. The predicted octanol–water partition coefficient (Wildman–Crippen LogP) is 1.87. The summed E-state index contributed by atoms with van der Waals surface area (Å²) in [6, 6.07) is 3.75. The first-order chi connectivity index (χ1) is 9.31. The van der Waals surface area contributed by atoms with Crippen molar-refractivity contribution in [3.8, 4) is 0 Å². The topological polar surface area (TPSA) is 87.7 Å². The monoisotopic (exact) mass is 259 g/mol. The lowest BCUT2D eigenvalue weighted by Gasteiger charge is -2.09. The zero-order chi connectivity index (χ0) is 13.5. The SMILES string of the molecule is CCNc1nc(NCC)nc(Nc2cccnc2)n1. The molecule has 0 aliphatic heterocycles. The van der Waals surface area contributed by atoms with Crippen molar-refractivity contribution in [3.63, 3.8) is 0 Å². The Morgan fingerprint density at radius 2 is 1.58 bits per heavy atom. The second-order valence-electron chi connectivity index (χ2n) is 3.73. The molecule has 0 saturated heterocycles. The molecule has 0 fully saturated rings. The fourth-order valence-corrected chi connectivity index (χ4v) is 1.47. The van der Waals surface area contributed by atoms with E-state index in [0.29, 0.717) is 17.8 Å². The van der Waals surface area contributed by atoms with Gasteiger partial charge in [0.1, 0.15) is 0 Å². The van der Waals surface area contributed by atoms with Crippen LogP contribution in [0.15, 0.2) is 24.5 Å². The van der Waals surface area contributed by atoms with Gasteiger partial charge in [0.2, 0.25) is 17.8 Å². The van der Waals surface area contributed by atoms with E-state index in [-0.39, 0.29) is 0 Å². The Kier molecular flexibility index (Phi) is 4.44. The van der Waals surface area contributed by atoms with Crippen molar-refractivity contribution in [2.75, 3.05) is 29.0 Å². The van der Waals surface area contributed by atoms with E-state index in [0.717, 1.165) is 18.8 Å². The van der Waals surface area contributed by atoms with E-state index in [2.05, 4.69) is 35.9 Å². The van der Waals surface area contributed by atoms with Gasteiger partial charge in [0.05, 0.1) is 11.9 Å². The molecule has 7 heteroatoms. The third kappa shape index (κ3) is 3.77. The number of nitrogens with one attached hydrogen (secondary N) is 3. The van der Waals surface area contributed by atoms with Crippen molar-refractivity contribution in [1.82, 2.24) is 19.9 Å². The summed E-state index contributed by atoms with van der Waals surface area (Å²) >= 11 is 0. The summed E-state index contributed by atoms with van der Waals surface area (Å²) in [5.41, 5.74) is 0.832. The molecule has 100 valence electrons. The molecule has 0 amide bonds. The van der Waals surface area contributed by atoms with Gasteiger partial charge in [-0.05, 0) is 26.0 Å². The predicted molar refractivity (Wildman–Crippen MR) is 75.7 cm³/mol. The van der Waals surface area contributed by atoms with Crippen LogP contribution < -0.4 is 16.0 Å². The van der Waals surface area contributed by atoms with Gasteiger partial charge in [-0.1, -0.05) is 0 Å². The van der Waals surface area contributed by atoms with E-state index in [9.17, 15) is 0 Å². The highest BCUT2D eigenvalue weighted by Crippen LogP contribution is 2.14. The number of anilines is 4. The lowest BCUT2D eigenvalue weighted by Crippen LogP contribution is -2.10. The summed E-state index contributed by atoms with van der Waals surface area (Å²) in [6.45, 7) is 5.49. The van der Waals surface area contributed by atoms with Crippen molar-refractivity contribution < 1.29 is 0 Å². The summed E-state index contributed by atoms with van der Waals surface area (Å²) < 4.78 is 0. The highest BCUT2D eigenvalue weighted by molar-refractivity contribution is 5.54. The van der Waals surface area contributed by atoms with Crippen LogP contribution in [0, 0.1) is 0 Å². The van der Waals surface area contributed by atoms with Crippen LogP contribution >= 0.6 is 0 Å². The van der Waals surface area contributed by atoms with Crippen LogP contribution in [0.4, 0.5) is 23.5 Å². The summed E-state index contributed by atoms with van der Waals surface area (Å²) in [5.74, 6) is 1.56. The van der Waals surface area contributed by atoms with E-state index < -0.39 is 0 Å². The first kappa shape index (κ1) is 13.0. The summed E-state index contributed by atoms with van der Waals surface area (Å²) in [5, 5.41) is 9.25. The van der Waals surface area contributed by atoms with Crippen molar-refractivity contribution in [3.05, 3.63) is 24.5 Å². The van der Waals surface area contributed by atoms with Gasteiger partial charge in [0.25, 0.3) is 0 Å². The highest BCUT2D eigenvalue weighted by Gasteiger charge is 2.05. The minimum atomic E-state index is 0.481. The van der Waals surface area contributed by atoms with Gasteiger partial charge in [-0.3, -0.25) is 4.98 Å². The van der Waals surface area contributed by atoms with Gasteiger partial charge in [-0.25, -0.2) is 0 Å². The molecular weight excluding hydrogens is 242 g/mol. The Morgan fingerprint density at radius 1 is 0.947 bits per heavy atom. The van der Waals surface area contributed by atoms with E-state index in [1.807, 2.05) is 26.0 Å². The van der Waals surface area contributed by atoms with Crippen LogP contribution in [-0.4, -0.2) is 33.0 Å². The summed E-state index contributed by atoms with van der Waals surface area (Å²) in [6.07, 6.45) is 3.43. The van der Waals surface area contributed by atoms with E-state index in [1.54, 1.807) is 12.4 Å². The van der Waals surface area contributed by atoms with Crippen LogP contribution in [0.5, 0.6) is 0 Å². The highest BCUT2D eigenvalue weighted by atomic mass is 15.3. The second-order valence-corrected chi connectivity index (χ2v) is 3.73. The second kappa shape index (κ2) is 6.48. The first-order valence-electron chi connectivity index (χ1n) is 6.22. The molecule has 0 bridgehead atoms. The number of hydrogen-bond donors (Lipinski definition) is 3. The van der Waals surface area contributed by atoms with Crippen molar-refractivity contribution in [2.24, 2.45) is 0 Å². The van der Waals surface area contributed by atoms with Crippen LogP contribution in [0.25, 0.3) is 0 Å². The molecule has 0 aromatic carbocycles. The molecule has 7 nitrogen and oxygen atoms in total. The maximum Gasteiger partial charge on any atom is 0.233 e. The standard InChI is InChI=1S/C12H17N7/c1-3-14-10-17-11(15-4-2)19-12(18-10)16-9-6-5-7-13-8-9/h5-8H,3-4H2,1-2H3,(H3,14,15,16,17,18,19). The summed E-state index contributed by atoms with van der Waals surface area (Å²) in [7, 11) is 0. The smallest absolute Gasteiger partial charge is 0.233 e. The molecule has 19 heavy (non-hydrogen) atoms. The van der Waals surface area contributed by atoms with Gasteiger partial charge >= 0.3 is 0 Å². The third-order valence-electron chi connectivity index (χ3n) is 2.22. The van der Waals surface area contributed by atoms with Crippen molar-refractivity contribution in [1.29, 1.82) is 0 Å². The average Bonchev–Trinajstić information content (AvgIpc) is 2.40. The van der Waals surface area contributed by atoms with Gasteiger partial charge in [-0.15, -0.1) is 0 Å². The van der Waals surface area contributed by atoms with Crippen molar-refractivity contribution in [2.45, 2.75) is 13.8 Å². The van der Waals surface area contributed by atoms with Crippen LogP contribution in [0.1, 0.15) is 13.8 Å². The van der Waals surface area contributed by atoms with Crippen molar-refractivity contribution >= 4 is 23.5 Å². The van der Waals surface area contributed by atoms with E-state index >= 15 is 0 Å². The Morgan fingerprint density at radius 3 is 2.11 bits per heavy atom. The van der Waals surface area contributed by atoms with E-state index in [1.165, 1.54) is 0 Å². The van der Waals surface area contributed by atoms with Crippen LogP contribution in [-0.2, 0) is 0 Å². The molecule has 3 N–H and O–H groups in total. The quantitative estimate of drug-likeness (QED) is 0.730. The molecular formula is C12H17N7. The Labute approximate surface area is 111 Å². The molecule has 0 aliphatic rings. The molecule has 0 aliphatic carbocycles. The molecule has 0 atom stereocenters. The molecule has 2 aromatic rings. The zero-order valence-electron chi connectivity index (χ0n) is 11.0. The number of hydrogen-bond acceptors (Lipinski definition) is 7. The van der Waals surface area contributed by atoms with Gasteiger partial charge in [-0.2, -0.15) is 15.0 Å². The minimum Gasteiger partial charge on any atom is -0.354 e. The molecule has 0 unspecified atom stereocenters. The Bertz CT molecular complexity index is 490. The van der Waals surface area contributed by atoms with Gasteiger partial charge in [0, 0.05) is 19.3 Å². The fraction of sp³-hybridized carbons (Fsp3) is 0.333. The molecule has 0 saturated carbocycles. The number of aromatic nitrogens is 4. The lowest BCUT2D eigenvalue weighted by atomic mass is 10.4. The normalized spacial score (nSPS) is 10.0. The average molecular weight is 259 g/mol. The third-order valence-corrected chi connectivity index (χ3v) is 2.22. The first-order valence-corrected chi connectivity index (χ1v) is 6.22. The van der Waals surface area contributed by atoms with Gasteiger partial charge in [0.15, 0.2) is 0 Å². The summed E-state index contributed by atoms with van der Waals surface area (Å²) in [4.78, 5) is 16.9. The minimum absolute atomic E-state index is 0.481. The lowest BCUT2D eigenvalue weighted by molar-refractivity contribution is 1.00. The molecule has 2 aromatic heterocycles. The molecule has 0 spiro atoms. The maximum atomic E-state index is 4.29. The Balaban J connectivity index is 2.23. The molecule has 2 rings (SSSR count). The van der Waals surface area contributed by atoms with E-state index in [4.69, 9.17) is 0 Å². The zero-order valence-corrected chi connectivity index (χ0v) is 11.0. The largest absolute Gasteiger partial charge is 0.354 e. The van der Waals surface area contributed by atoms with Crippen LogP contribution in [0.2, 0.25) is 0 Å². The molecule has 0 radical (unpaired) electrons. The van der Waals surface area contributed by atoms with Gasteiger partial charge < -0.3 is 16.0 Å². The fourth-order valence-electron chi connectivity index (χ4n) is 1.47.